The van der Waals surface area contributed by atoms with E-state index in [0.717, 1.165) is 20.9 Å². The number of benzene rings is 3. The predicted octanol–water partition coefficient (Wildman–Crippen LogP) is 6.36. The zero-order valence-corrected chi connectivity index (χ0v) is 23.1. The molecule has 3 aromatic carbocycles. The van der Waals surface area contributed by atoms with Crippen LogP contribution in [0.25, 0.3) is 5.57 Å². The lowest BCUT2D eigenvalue weighted by atomic mass is 9.84. The highest BCUT2D eigenvalue weighted by molar-refractivity contribution is 7.99. The Hall–Kier alpha value is -3.01. The number of nitriles is 2. The molecule has 5 nitrogen and oxygen atoms in total. The van der Waals surface area contributed by atoms with Crippen molar-refractivity contribution in [2.45, 2.75) is 41.0 Å². The maximum Gasteiger partial charge on any atom is 0.241 e. The maximum atomic E-state index is 13.6. The minimum absolute atomic E-state index is 0.0316. The summed E-state index contributed by atoms with van der Waals surface area (Å²) in [6, 6.07) is 26.6. The third-order valence-corrected chi connectivity index (χ3v) is 10.2. The number of allylic oxidation sites excluding steroid dienone is 1. The molecule has 1 N–H and O–H groups in total. The van der Waals surface area contributed by atoms with Crippen LogP contribution >= 0.6 is 23.5 Å². The molecule has 2 atom stereocenters. The second-order valence-electron chi connectivity index (χ2n) is 8.87. The van der Waals surface area contributed by atoms with Crippen LogP contribution in [0.3, 0.4) is 0 Å². The first-order valence-electron chi connectivity index (χ1n) is 11.9. The first kappa shape index (κ1) is 27.0. The molecule has 0 radical (unpaired) electrons. The monoisotopic (exact) mass is 545 g/mol. The van der Waals surface area contributed by atoms with Crippen molar-refractivity contribution < 1.29 is 8.42 Å². The molecule has 8 heteroatoms. The van der Waals surface area contributed by atoms with Crippen LogP contribution in [-0.4, -0.2) is 26.0 Å². The Morgan fingerprint density at radius 1 is 1.05 bits per heavy atom. The SMILES string of the molecule is Cc1ccc(S(=O)(=O)N[C@@H](CCSc2ccccc2)[C@H]2CSc3ccccc3C2=C(C#N)C#N)c(C)c1. The topological polar surface area (TPSA) is 93.8 Å². The zero-order chi connectivity index (χ0) is 26.4. The number of hydrogen-bond donors (Lipinski definition) is 1. The fraction of sp³-hybridized carbons (Fsp3) is 0.241. The number of sulfonamides is 1. The van der Waals surface area contributed by atoms with Crippen LogP contribution in [0, 0.1) is 42.4 Å². The molecule has 37 heavy (non-hydrogen) atoms. The quantitative estimate of drug-likeness (QED) is 0.262. The molecule has 0 unspecified atom stereocenters. The average Bonchev–Trinajstić information content (AvgIpc) is 2.89. The summed E-state index contributed by atoms with van der Waals surface area (Å²) in [6.07, 6.45) is 0.532. The number of rotatable bonds is 8. The Morgan fingerprint density at radius 3 is 2.46 bits per heavy atom. The van der Waals surface area contributed by atoms with E-state index >= 15 is 0 Å². The van der Waals surface area contributed by atoms with Gasteiger partial charge >= 0.3 is 0 Å². The van der Waals surface area contributed by atoms with Gasteiger partial charge < -0.3 is 0 Å². The highest BCUT2D eigenvalue weighted by Crippen LogP contribution is 2.44. The smallest absolute Gasteiger partial charge is 0.207 e. The van der Waals surface area contributed by atoms with E-state index in [-0.39, 0.29) is 16.4 Å². The Labute approximate surface area is 227 Å². The van der Waals surface area contributed by atoms with Crippen molar-refractivity contribution in [3.63, 3.8) is 0 Å². The fourth-order valence-electron chi connectivity index (χ4n) is 4.59. The molecule has 1 aliphatic rings. The maximum absolute atomic E-state index is 13.6. The van der Waals surface area contributed by atoms with E-state index in [4.69, 9.17) is 0 Å². The van der Waals surface area contributed by atoms with Crippen LogP contribution in [0.15, 0.2) is 93.1 Å². The van der Waals surface area contributed by atoms with Crippen molar-refractivity contribution in [2.24, 2.45) is 5.92 Å². The summed E-state index contributed by atoms with van der Waals surface area (Å²) in [5.41, 5.74) is 3.15. The van der Waals surface area contributed by atoms with Gasteiger partial charge in [0.1, 0.15) is 17.7 Å². The molecule has 0 spiro atoms. The van der Waals surface area contributed by atoms with E-state index in [0.29, 0.717) is 29.1 Å². The lowest BCUT2D eigenvalue weighted by molar-refractivity contribution is 0.482. The first-order chi connectivity index (χ1) is 17.8. The first-order valence-corrected chi connectivity index (χ1v) is 15.3. The zero-order valence-electron chi connectivity index (χ0n) is 20.6. The van der Waals surface area contributed by atoms with Crippen LogP contribution in [0.1, 0.15) is 23.1 Å². The number of nitrogens with one attached hydrogen (secondary N) is 1. The molecule has 1 aliphatic heterocycles. The number of thioether (sulfide) groups is 2. The van der Waals surface area contributed by atoms with E-state index in [2.05, 4.69) is 16.9 Å². The number of nitrogens with zero attached hydrogens (tertiary/aromatic N) is 2. The van der Waals surface area contributed by atoms with Gasteiger partial charge in [-0.3, -0.25) is 0 Å². The Kier molecular flexibility index (Phi) is 8.79. The van der Waals surface area contributed by atoms with Gasteiger partial charge in [0.05, 0.1) is 4.90 Å². The van der Waals surface area contributed by atoms with Gasteiger partial charge in [-0.25, -0.2) is 13.1 Å². The van der Waals surface area contributed by atoms with Crippen LogP contribution in [0.2, 0.25) is 0 Å². The molecule has 0 aliphatic carbocycles. The van der Waals surface area contributed by atoms with E-state index in [1.54, 1.807) is 42.6 Å². The summed E-state index contributed by atoms with van der Waals surface area (Å²) >= 11 is 3.29. The molecular weight excluding hydrogens is 519 g/mol. The third kappa shape index (κ3) is 6.29. The van der Waals surface area contributed by atoms with Crippen molar-refractivity contribution in [1.29, 1.82) is 10.5 Å². The van der Waals surface area contributed by atoms with Crippen LogP contribution < -0.4 is 4.72 Å². The van der Waals surface area contributed by atoms with Gasteiger partial charge in [0.2, 0.25) is 10.0 Å². The van der Waals surface area contributed by atoms with Gasteiger partial charge in [-0.2, -0.15) is 10.5 Å². The molecule has 4 rings (SSSR count). The second-order valence-corrected chi connectivity index (χ2v) is 12.8. The highest BCUT2D eigenvalue weighted by atomic mass is 32.2. The van der Waals surface area contributed by atoms with Crippen LogP contribution in [0.5, 0.6) is 0 Å². The number of aryl methyl sites for hydroxylation is 2. The van der Waals surface area contributed by atoms with E-state index in [9.17, 15) is 18.9 Å². The third-order valence-electron chi connectivity index (χ3n) is 6.31. The van der Waals surface area contributed by atoms with Gasteiger partial charge in [-0.05, 0) is 67.0 Å². The van der Waals surface area contributed by atoms with Gasteiger partial charge in [0.25, 0.3) is 0 Å². The van der Waals surface area contributed by atoms with E-state index < -0.39 is 16.1 Å². The largest absolute Gasteiger partial charge is 0.241 e. The molecule has 0 amide bonds. The van der Waals surface area contributed by atoms with Crippen molar-refractivity contribution in [3.05, 3.63) is 95.1 Å². The second kappa shape index (κ2) is 12.0. The Morgan fingerprint density at radius 2 is 1.76 bits per heavy atom. The average molecular weight is 546 g/mol. The van der Waals surface area contributed by atoms with Gasteiger partial charge in [0.15, 0.2) is 0 Å². The summed E-state index contributed by atoms with van der Waals surface area (Å²) in [4.78, 5) is 2.34. The standard InChI is InChI=1S/C29H27N3O2S3/c1-20-12-13-28(21(2)16-20)37(33,34)32-26(14-15-35-23-8-4-3-5-9-23)25-19-36-27-11-7-6-10-24(27)29(25)22(17-30)18-31/h3-13,16,25-26,32H,14-15,19H2,1-2H3/t25-,26+/m1/s1. The van der Waals surface area contributed by atoms with Crippen molar-refractivity contribution in [1.82, 2.24) is 4.72 Å². The lowest BCUT2D eigenvalue weighted by Gasteiger charge is -2.34. The fourth-order valence-corrected chi connectivity index (χ4v) is 8.35. The Bertz CT molecular complexity index is 1490. The van der Waals surface area contributed by atoms with Crippen molar-refractivity contribution in [2.75, 3.05) is 11.5 Å². The summed E-state index contributed by atoms with van der Waals surface area (Å²) in [7, 11) is -3.85. The summed E-state index contributed by atoms with van der Waals surface area (Å²) in [5, 5.41) is 19.6. The summed E-state index contributed by atoms with van der Waals surface area (Å²) < 4.78 is 30.3. The molecular formula is C29H27N3O2S3. The molecule has 188 valence electrons. The van der Waals surface area contributed by atoms with E-state index in [1.807, 2.05) is 67.6 Å². The molecule has 0 saturated carbocycles. The predicted molar refractivity (Wildman–Crippen MR) is 151 cm³/mol. The number of fused-ring (bicyclic) bond motifs is 1. The molecule has 1 heterocycles. The van der Waals surface area contributed by atoms with Gasteiger partial charge in [-0.15, -0.1) is 23.5 Å². The van der Waals surface area contributed by atoms with Crippen LogP contribution in [-0.2, 0) is 10.0 Å². The van der Waals surface area contributed by atoms with Gasteiger partial charge in [-0.1, -0.05) is 54.1 Å². The molecule has 0 bridgehead atoms. The van der Waals surface area contributed by atoms with Crippen LogP contribution in [0.4, 0.5) is 0 Å². The highest BCUT2D eigenvalue weighted by Gasteiger charge is 2.36. The Balaban J connectivity index is 1.73. The van der Waals surface area contributed by atoms with Crippen molar-refractivity contribution in [3.8, 4) is 12.1 Å². The normalized spacial score (nSPS) is 15.8. The van der Waals surface area contributed by atoms with Gasteiger partial charge in [0, 0.05) is 27.5 Å². The van der Waals surface area contributed by atoms with Crippen molar-refractivity contribution >= 4 is 39.1 Å². The summed E-state index contributed by atoms with van der Waals surface area (Å²) in [5.74, 6) is 0.898. The minimum Gasteiger partial charge on any atom is -0.207 e. The summed E-state index contributed by atoms with van der Waals surface area (Å²) in [6.45, 7) is 3.73. The molecule has 0 aromatic heterocycles. The molecule has 0 fully saturated rings. The molecule has 3 aromatic rings. The molecule has 0 saturated heterocycles. The number of hydrogen-bond acceptors (Lipinski definition) is 6. The van der Waals surface area contributed by atoms with E-state index in [1.165, 1.54) is 0 Å². The lowest BCUT2D eigenvalue weighted by Crippen LogP contribution is -2.43. The minimum atomic E-state index is -3.85.